The van der Waals surface area contributed by atoms with Gasteiger partial charge in [-0.1, -0.05) is 12.1 Å². The predicted octanol–water partition coefficient (Wildman–Crippen LogP) is 3.68. The van der Waals surface area contributed by atoms with E-state index in [1.54, 1.807) is 24.4 Å². The molecule has 1 aromatic carbocycles. The summed E-state index contributed by atoms with van der Waals surface area (Å²) in [5.74, 6) is -0.0572. The van der Waals surface area contributed by atoms with Crippen molar-refractivity contribution in [1.82, 2.24) is 4.98 Å². The highest BCUT2D eigenvalue weighted by molar-refractivity contribution is 7.98. The van der Waals surface area contributed by atoms with Crippen LogP contribution in [0.15, 0.2) is 47.6 Å². The lowest BCUT2D eigenvalue weighted by atomic mass is 10.1. The first-order chi connectivity index (χ1) is 10.2. The second-order valence-corrected chi connectivity index (χ2v) is 5.90. The first-order valence-corrected chi connectivity index (χ1v) is 7.96. The van der Waals surface area contributed by atoms with Crippen LogP contribution in [-0.2, 0) is 4.79 Å². The van der Waals surface area contributed by atoms with E-state index in [2.05, 4.69) is 10.3 Å². The number of amides is 1. The van der Waals surface area contributed by atoms with Gasteiger partial charge in [-0.15, -0.1) is 11.8 Å². The van der Waals surface area contributed by atoms with E-state index < -0.39 is 0 Å². The molecule has 1 aliphatic rings. The van der Waals surface area contributed by atoms with Crippen molar-refractivity contribution in [2.24, 2.45) is 5.92 Å². The summed E-state index contributed by atoms with van der Waals surface area (Å²) in [4.78, 5) is 16.4. The molecule has 1 fully saturated rings. The number of thioether (sulfide) groups is 1. The van der Waals surface area contributed by atoms with Gasteiger partial charge < -0.3 is 5.32 Å². The number of halogens is 1. The summed E-state index contributed by atoms with van der Waals surface area (Å²) in [5.41, 5.74) is 1.79. The fraction of sp³-hybridized carbons (Fsp3) is 0.250. The van der Waals surface area contributed by atoms with Crippen molar-refractivity contribution in [3.05, 3.63) is 54.0 Å². The number of anilines is 1. The van der Waals surface area contributed by atoms with Crippen LogP contribution < -0.4 is 5.32 Å². The van der Waals surface area contributed by atoms with Gasteiger partial charge in [0.1, 0.15) is 5.82 Å². The van der Waals surface area contributed by atoms with Crippen molar-refractivity contribution >= 4 is 23.4 Å². The summed E-state index contributed by atoms with van der Waals surface area (Å²) in [5, 5.41) is 3.80. The van der Waals surface area contributed by atoms with E-state index in [0.29, 0.717) is 0 Å². The van der Waals surface area contributed by atoms with Crippen molar-refractivity contribution in [2.75, 3.05) is 11.6 Å². The highest BCUT2D eigenvalue weighted by Gasteiger charge is 2.43. The highest BCUT2D eigenvalue weighted by Crippen LogP contribution is 2.48. The number of hydrogen-bond acceptors (Lipinski definition) is 3. The summed E-state index contributed by atoms with van der Waals surface area (Å²) >= 11 is 1.53. The number of nitrogens with zero attached hydrogens (tertiary/aromatic N) is 1. The summed E-state index contributed by atoms with van der Waals surface area (Å²) in [6.45, 7) is 0. The molecule has 0 bridgehead atoms. The fourth-order valence-corrected chi connectivity index (χ4v) is 2.81. The van der Waals surface area contributed by atoms with E-state index in [1.165, 1.54) is 23.9 Å². The van der Waals surface area contributed by atoms with Gasteiger partial charge in [0.2, 0.25) is 5.91 Å². The van der Waals surface area contributed by atoms with Crippen LogP contribution >= 0.6 is 11.8 Å². The van der Waals surface area contributed by atoms with Crippen molar-refractivity contribution in [2.45, 2.75) is 17.4 Å². The molecule has 1 amide bonds. The molecule has 1 heterocycles. The van der Waals surface area contributed by atoms with E-state index in [0.717, 1.165) is 22.7 Å². The molecular weight excluding hydrogens is 287 g/mol. The van der Waals surface area contributed by atoms with Crippen molar-refractivity contribution in [3.63, 3.8) is 0 Å². The molecule has 1 saturated carbocycles. The highest BCUT2D eigenvalue weighted by atomic mass is 32.2. The summed E-state index contributed by atoms with van der Waals surface area (Å²) in [6.07, 6.45) is 4.45. The van der Waals surface area contributed by atoms with Crippen LogP contribution in [0.25, 0.3) is 0 Å². The maximum absolute atomic E-state index is 12.9. The Morgan fingerprint density at radius 1 is 1.33 bits per heavy atom. The third kappa shape index (κ3) is 3.24. The fourth-order valence-electron chi connectivity index (χ4n) is 2.40. The molecule has 108 valence electrons. The number of aromatic nitrogens is 1. The zero-order valence-corrected chi connectivity index (χ0v) is 12.4. The number of rotatable bonds is 4. The molecule has 5 heteroatoms. The SMILES string of the molecule is CSc1cc(NC(=O)C2CC2c2ccc(F)cc2)ccn1. The zero-order chi connectivity index (χ0) is 14.8. The van der Waals surface area contributed by atoms with Gasteiger partial charge in [-0.3, -0.25) is 4.79 Å². The van der Waals surface area contributed by atoms with Crippen LogP contribution in [0.5, 0.6) is 0 Å². The van der Waals surface area contributed by atoms with E-state index >= 15 is 0 Å². The number of nitrogens with one attached hydrogen (secondary N) is 1. The Morgan fingerprint density at radius 3 is 2.81 bits per heavy atom. The average molecular weight is 302 g/mol. The summed E-state index contributed by atoms with van der Waals surface area (Å²) < 4.78 is 12.9. The van der Waals surface area contributed by atoms with Gasteiger partial charge in [0.05, 0.1) is 5.03 Å². The average Bonchev–Trinajstić information content (AvgIpc) is 3.29. The predicted molar refractivity (Wildman–Crippen MR) is 81.9 cm³/mol. The number of pyridine rings is 1. The molecule has 2 atom stereocenters. The Hall–Kier alpha value is -1.88. The Labute approximate surface area is 127 Å². The molecule has 21 heavy (non-hydrogen) atoms. The second kappa shape index (κ2) is 5.85. The molecule has 0 saturated heterocycles. The molecular formula is C16H15FN2OS. The molecule has 2 unspecified atom stereocenters. The second-order valence-electron chi connectivity index (χ2n) is 5.08. The summed E-state index contributed by atoms with van der Waals surface area (Å²) in [6, 6.07) is 10.0. The molecule has 2 aromatic rings. The molecule has 0 aliphatic heterocycles. The van der Waals surface area contributed by atoms with Crippen LogP contribution in [-0.4, -0.2) is 17.1 Å². The molecule has 3 rings (SSSR count). The van der Waals surface area contributed by atoms with Gasteiger partial charge in [-0.05, 0) is 48.4 Å². The lowest BCUT2D eigenvalue weighted by Gasteiger charge is -2.06. The lowest BCUT2D eigenvalue weighted by molar-refractivity contribution is -0.117. The van der Waals surface area contributed by atoms with Crippen LogP contribution in [0.4, 0.5) is 10.1 Å². The molecule has 1 aliphatic carbocycles. The Balaban J connectivity index is 1.63. The maximum atomic E-state index is 12.9. The zero-order valence-electron chi connectivity index (χ0n) is 11.5. The maximum Gasteiger partial charge on any atom is 0.228 e. The first-order valence-electron chi connectivity index (χ1n) is 6.74. The van der Waals surface area contributed by atoms with Crippen molar-refractivity contribution in [1.29, 1.82) is 0 Å². The molecule has 1 aromatic heterocycles. The number of carbonyl (C=O) groups is 1. The van der Waals surface area contributed by atoms with Gasteiger partial charge >= 0.3 is 0 Å². The quantitative estimate of drug-likeness (QED) is 0.876. The molecule has 1 N–H and O–H groups in total. The van der Waals surface area contributed by atoms with Crippen LogP contribution in [0, 0.1) is 11.7 Å². The monoisotopic (exact) mass is 302 g/mol. The number of benzene rings is 1. The largest absolute Gasteiger partial charge is 0.326 e. The minimum Gasteiger partial charge on any atom is -0.326 e. The van der Waals surface area contributed by atoms with Crippen LogP contribution in [0.1, 0.15) is 17.9 Å². The minimum atomic E-state index is -0.248. The molecule has 0 spiro atoms. The minimum absolute atomic E-state index is 0.0163. The van der Waals surface area contributed by atoms with Gasteiger partial charge in [-0.25, -0.2) is 9.37 Å². The van der Waals surface area contributed by atoms with Crippen LogP contribution in [0.2, 0.25) is 0 Å². The number of hydrogen-bond donors (Lipinski definition) is 1. The topological polar surface area (TPSA) is 42.0 Å². The Bertz CT molecular complexity index is 660. The van der Waals surface area contributed by atoms with Gasteiger partial charge in [0.25, 0.3) is 0 Å². The van der Waals surface area contributed by atoms with Gasteiger partial charge in [-0.2, -0.15) is 0 Å². The van der Waals surface area contributed by atoms with Crippen LogP contribution in [0.3, 0.4) is 0 Å². The third-order valence-corrected chi connectivity index (χ3v) is 4.28. The smallest absolute Gasteiger partial charge is 0.228 e. The van der Waals surface area contributed by atoms with Gasteiger partial charge in [0.15, 0.2) is 0 Å². The number of carbonyl (C=O) groups excluding carboxylic acids is 1. The summed E-state index contributed by atoms with van der Waals surface area (Å²) in [7, 11) is 0. The Morgan fingerprint density at radius 2 is 2.10 bits per heavy atom. The first kappa shape index (κ1) is 14.1. The van der Waals surface area contributed by atoms with E-state index in [4.69, 9.17) is 0 Å². The molecule has 3 nitrogen and oxygen atoms in total. The van der Waals surface area contributed by atoms with Crippen molar-refractivity contribution < 1.29 is 9.18 Å². The van der Waals surface area contributed by atoms with E-state index in [-0.39, 0.29) is 23.6 Å². The standard InChI is InChI=1S/C16H15FN2OS/c1-21-15-8-12(6-7-18-15)19-16(20)14-9-13(14)10-2-4-11(17)5-3-10/h2-8,13-14H,9H2,1H3,(H,18,19,20). The lowest BCUT2D eigenvalue weighted by Crippen LogP contribution is -2.14. The normalized spacial score (nSPS) is 20.1. The third-order valence-electron chi connectivity index (χ3n) is 3.64. The van der Waals surface area contributed by atoms with E-state index in [9.17, 15) is 9.18 Å². The van der Waals surface area contributed by atoms with E-state index in [1.807, 2.05) is 12.3 Å². The Kier molecular flexibility index (Phi) is 3.92. The van der Waals surface area contributed by atoms with Crippen molar-refractivity contribution in [3.8, 4) is 0 Å². The molecule has 0 radical (unpaired) electrons. The van der Waals surface area contributed by atoms with Gasteiger partial charge in [0, 0.05) is 17.8 Å².